The van der Waals surface area contributed by atoms with E-state index in [4.69, 9.17) is 14.9 Å². The molecule has 0 aliphatic heterocycles. The average Bonchev–Trinajstić information content (AvgIpc) is 3.18. The second kappa shape index (κ2) is 8.16. The van der Waals surface area contributed by atoms with Gasteiger partial charge in [0.15, 0.2) is 17.1 Å². The number of halogens is 2. The Labute approximate surface area is 187 Å². The minimum Gasteiger partial charge on any atom is -0.485 e. The van der Waals surface area contributed by atoms with Crippen molar-refractivity contribution in [2.24, 2.45) is 12.8 Å². The van der Waals surface area contributed by atoms with Gasteiger partial charge in [0.25, 0.3) is 5.91 Å². The monoisotopic (exact) mass is 453 g/mol. The maximum atomic E-state index is 14.2. The van der Waals surface area contributed by atoms with Crippen molar-refractivity contribution < 1.29 is 22.7 Å². The van der Waals surface area contributed by atoms with Crippen molar-refractivity contribution in [2.75, 3.05) is 0 Å². The van der Waals surface area contributed by atoms with Gasteiger partial charge in [-0.3, -0.25) is 14.3 Å². The smallest absolute Gasteiger partial charge is 0.255 e. The first-order chi connectivity index (χ1) is 15.6. The lowest BCUT2D eigenvalue weighted by atomic mass is 10.0. The van der Waals surface area contributed by atoms with E-state index in [1.165, 1.54) is 0 Å². The van der Waals surface area contributed by atoms with E-state index in [9.17, 15) is 18.4 Å². The number of hydrogen-bond acceptors (Lipinski definition) is 5. The van der Waals surface area contributed by atoms with Gasteiger partial charge in [0.05, 0.1) is 17.1 Å². The van der Waals surface area contributed by atoms with Gasteiger partial charge in [0.1, 0.15) is 28.8 Å². The van der Waals surface area contributed by atoms with Gasteiger partial charge in [0.2, 0.25) is 0 Å². The summed E-state index contributed by atoms with van der Waals surface area (Å²) in [5.41, 5.74) is 6.95. The number of nitrogens with zero attached hydrogens (tertiary/aromatic N) is 2. The first-order valence-electron chi connectivity index (χ1n) is 10.1. The number of carbonyl (C=O) groups excluding carboxylic acids is 1. The summed E-state index contributed by atoms with van der Waals surface area (Å²) in [6.45, 7) is 5.13. The molecule has 1 atom stereocenters. The van der Waals surface area contributed by atoms with Crippen LogP contribution in [0.15, 0.2) is 45.9 Å². The molecule has 0 unspecified atom stereocenters. The fourth-order valence-corrected chi connectivity index (χ4v) is 3.80. The lowest BCUT2D eigenvalue weighted by molar-refractivity contribution is 0.0988. The van der Waals surface area contributed by atoms with Crippen molar-refractivity contribution in [2.45, 2.75) is 26.9 Å². The summed E-state index contributed by atoms with van der Waals surface area (Å²) >= 11 is 0. The van der Waals surface area contributed by atoms with Gasteiger partial charge in [-0.05, 0) is 50.6 Å². The Morgan fingerprint density at radius 2 is 1.97 bits per heavy atom. The van der Waals surface area contributed by atoms with Crippen LogP contribution in [0, 0.1) is 25.5 Å². The molecule has 2 N–H and O–H groups in total. The molecule has 0 fully saturated rings. The van der Waals surface area contributed by atoms with Crippen LogP contribution >= 0.6 is 0 Å². The topological polar surface area (TPSA) is 100 Å². The van der Waals surface area contributed by atoms with E-state index in [1.54, 1.807) is 50.1 Å². The minimum atomic E-state index is -1.39. The standard InChI is InChI=1S/C24H21F2N3O4/c1-11-7-15(13(3)32-18-6-5-17(25)20(26)19(18)24(27)31)23-16(8-11)21(30)12(2)22(33-23)14-9-28-29(4)10-14/h5-10,13H,1-4H3,(H2,27,31)/t13-/m1/s1. The van der Waals surface area contributed by atoms with Gasteiger partial charge in [-0.2, -0.15) is 5.10 Å². The van der Waals surface area contributed by atoms with Crippen molar-refractivity contribution in [3.63, 3.8) is 0 Å². The van der Waals surface area contributed by atoms with Crippen LogP contribution < -0.4 is 15.9 Å². The van der Waals surface area contributed by atoms with Crippen LogP contribution in [0.1, 0.15) is 40.1 Å². The summed E-state index contributed by atoms with van der Waals surface area (Å²) < 4.78 is 41.4. The Morgan fingerprint density at radius 3 is 2.61 bits per heavy atom. The van der Waals surface area contributed by atoms with Gasteiger partial charge in [-0.1, -0.05) is 0 Å². The van der Waals surface area contributed by atoms with Crippen molar-refractivity contribution >= 4 is 16.9 Å². The number of fused-ring (bicyclic) bond motifs is 1. The predicted molar refractivity (Wildman–Crippen MR) is 118 cm³/mol. The maximum absolute atomic E-state index is 14.2. The molecule has 0 saturated carbocycles. The van der Waals surface area contributed by atoms with Gasteiger partial charge >= 0.3 is 0 Å². The molecule has 2 aromatic heterocycles. The summed E-state index contributed by atoms with van der Waals surface area (Å²) in [4.78, 5) is 24.9. The van der Waals surface area contributed by atoms with Crippen LogP contribution in [0.2, 0.25) is 0 Å². The Bertz CT molecular complexity index is 1470. The highest BCUT2D eigenvalue weighted by Gasteiger charge is 2.24. The number of rotatable bonds is 5. The molecule has 2 heterocycles. The summed E-state index contributed by atoms with van der Waals surface area (Å²) in [6.07, 6.45) is 2.51. The van der Waals surface area contributed by atoms with E-state index >= 15 is 0 Å². The van der Waals surface area contributed by atoms with Gasteiger partial charge in [0, 0.05) is 24.4 Å². The Morgan fingerprint density at radius 1 is 1.24 bits per heavy atom. The van der Waals surface area contributed by atoms with Crippen LogP contribution in [0.5, 0.6) is 5.75 Å². The first-order valence-corrected chi connectivity index (χ1v) is 10.1. The van der Waals surface area contributed by atoms with Crippen LogP contribution in [-0.4, -0.2) is 15.7 Å². The van der Waals surface area contributed by atoms with Crippen LogP contribution in [-0.2, 0) is 7.05 Å². The third kappa shape index (κ3) is 3.86. The number of primary amides is 1. The Balaban J connectivity index is 1.89. The Hall–Kier alpha value is -4.01. The van der Waals surface area contributed by atoms with Crippen molar-refractivity contribution in [3.05, 3.63) is 80.8 Å². The molecule has 4 aromatic rings. The molecular weight excluding hydrogens is 432 g/mol. The van der Waals surface area contributed by atoms with E-state index in [2.05, 4.69) is 5.10 Å². The third-order valence-corrected chi connectivity index (χ3v) is 5.40. The highest BCUT2D eigenvalue weighted by molar-refractivity contribution is 5.96. The van der Waals surface area contributed by atoms with Crippen molar-refractivity contribution in [3.8, 4) is 17.1 Å². The lowest BCUT2D eigenvalue weighted by Crippen LogP contribution is -2.17. The zero-order chi connectivity index (χ0) is 24.0. The number of benzene rings is 2. The summed E-state index contributed by atoms with van der Waals surface area (Å²) in [5, 5.41) is 4.49. The van der Waals surface area contributed by atoms with Gasteiger partial charge < -0.3 is 14.9 Å². The molecule has 9 heteroatoms. The number of amides is 1. The van der Waals surface area contributed by atoms with Gasteiger partial charge in [-0.15, -0.1) is 0 Å². The Kier molecular flexibility index (Phi) is 5.49. The number of carbonyl (C=O) groups is 1. The van der Waals surface area contributed by atoms with E-state index in [0.29, 0.717) is 27.8 Å². The van der Waals surface area contributed by atoms with E-state index in [-0.39, 0.29) is 16.8 Å². The second-order valence-electron chi connectivity index (χ2n) is 7.88. The van der Waals surface area contributed by atoms with Crippen molar-refractivity contribution in [1.82, 2.24) is 9.78 Å². The molecular formula is C24H21F2N3O4. The molecule has 2 aromatic carbocycles. The van der Waals surface area contributed by atoms with Crippen LogP contribution in [0.25, 0.3) is 22.3 Å². The van der Waals surface area contributed by atoms with Gasteiger partial charge in [-0.25, -0.2) is 8.78 Å². The third-order valence-electron chi connectivity index (χ3n) is 5.40. The zero-order valence-electron chi connectivity index (χ0n) is 18.4. The zero-order valence-corrected chi connectivity index (χ0v) is 18.4. The molecule has 170 valence electrons. The molecule has 0 saturated heterocycles. The molecule has 1 amide bonds. The van der Waals surface area contributed by atoms with Crippen molar-refractivity contribution in [1.29, 1.82) is 0 Å². The summed E-state index contributed by atoms with van der Waals surface area (Å²) in [5.74, 6) is -3.62. The van der Waals surface area contributed by atoms with E-state index in [1.807, 2.05) is 6.92 Å². The molecule has 0 radical (unpaired) electrons. The number of ether oxygens (including phenoxy) is 1. The van der Waals surface area contributed by atoms with E-state index in [0.717, 1.165) is 17.7 Å². The minimum absolute atomic E-state index is 0.210. The summed E-state index contributed by atoms with van der Waals surface area (Å²) in [6, 6.07) is 5.46. The molecule has 7 nitrogen and oxygen atoms in total. The quantitative estimate of drug-likeness (QED) is 0.485. The number of aryl methyl sites for hydroxylation is 2. The predicted octanol–water partition coefficient (Wildman–Crippen LogP) is 4.33. The molecule has 4 rings (SSSR count). The number of hydrogen-bond donors (Lipinski definition) is 1. The van der Waals surface area contributed by atoms with Crippen LogP contribution in [0.3, 0.4) is 0 Å². The lowest BCUT2D eigenvalue weighted by Gasteiger charge is -2.19. The summed E-state index contributed by atoms with van der Waals surface area (Å²) in [7, 11) is 1.75. The highest BCUT2D eigenvalue weighted by Crippen LogP contribution is 2.34. The molecule has 33 heavy (non-hydrogen) atoms. The molecule has 0 bridgehead atoms. The number of aromatic nitrogens is 2. The average molecular weight is 453 g/mol. The second-order valence-corrected chi connectivity index (χ2v) is 7.88. The fraction of sp³-hybridized carbons (Fsp3) is 0.208. The van der Waals surface area contributed by atoms with E-state index < -0.39 is 29.2 Å². The largest absolute Gasteiger partial charge is 0.485 e. The SMILES string of the molecule is Cc1cc([C@@H](C)Oc2ccc(F)c(F)c2C(N)=O)c2oc(-c3cnn(C)c3)c(C)c(=O)c2c1. The molecule has 0 aliphatic rings. The first kappa shape index (κ1) is 22.2. The highest BCUT2D eigenvalue weighted by atomic mass is 19.2. The molecule has 0 spiro atoms. The maximum Gasteiger partial charge on any atom is 0.255 e. The fourth-order valence-electron chi connectivity index (χ4n) is 3.80. The van der Waals surface area contributed by atoms with Crippen LogP contribution in [0.4, 0.5) is 8.78 Å². The molecule has 0 aliphatic carbocycles. The normalized spacial score (nSPS) is 12.2. The number of nitrogens with two attached hydrogens (primary N) is 1.